The van der Waals surface area contributed by atoms with Gasteiger partial charge in [-0.2, -0.15) is 0 Å². The standard InChI is InChI=1S/C14H21N5O2S/c1-17-11-9(12(20)18(2)14(17)21)16-13-19(11)10(15)7-5-3-4-6-8(7)22-13/h7-9,11,13,15-16H,3-6H2,1-2H3. The lowest BCUT2D eigenvalue weighted by Gasteiger charge is -2.48. The van der Waals surface area contributed by atoms with Gasteiger partial charge >= 0.3 is 6.03 Å². The third-order valence-electron chi connectivity index (χ3n) is 5.38. The van der Waals surface area contributed by atoms with Crippen LogP contribution in [0.15, 0.2) is 0 Å². The second kappa shape index (κ2) is 4.86. The molecule has 7 nitrogen and oxygen atoms in total. The van der Waals surface area contributed by atoms with Crippen molar-refractivity contribution in [3.8, 4) is 0 Å². The monoisotopic (exact) mass is 323 g/mol. The molecular formula is C14H21N5O2S. The number of nitrogens with one attached hydrogen (secondary N) is 2. The fraction of sp³-hybridized carbons (Fsp3) is 0.786. The number of urea groups is 1. The largest absolute Gasteiger partial charge is 0.327 e. The van der Waals surface area contributed by atoms with Gasteiger partial charge in [-0.3, -0.25) is 20.4 Å². The smallest absolute Gasteiger partial charge is 0.313 e. The minimum atomic E-state index is -0.439. The number of nitrogens with zero attached hydrogens (tertiary/aromatic N) is 3. The molecule has 3 aliphatic heterocycles. The van der Waals surface area contributed by atoms with Crippen LogP contribution in [0.25, 0.3) is 0 Å². The summed E-state index contributed by atoms with van der Waals surface area (Å²) in [5.41, 5.74) is -0.0763. The molecule has 3 amide bonds. The van der Waals surface area contributed by atoms with E-state index in [1.165, 1.54) is 24.8 Å². The third-order valence-corrected chi connectivity index (χ3v) is 6.91. The molecule has 120 valence electrons. The van der Waals surface area contributed by atoms with E-state index >= 15 is 0 Å². The van der Waals surface area contributed by atoms with Crippen molar-refractivity contribution in [3.63, 3.8) is 0 Å². The molecule has 0 radical (unpaired) electrons. The molecule has 0 aromatic carbocycles. The van der Waals surface area contributed by atoms with E-state index in [9.17, 15) is 9.59 Å². The molecule has 1 aliphatic carbocycles. The molecule has 8 heteroatoms. The first-order valence-electron chi connectivity index (χ1n) is 7.83. The Hall–Kier alpha value is -1.28. The number of amidine groups is 1. The van der Waals surface area contributed by atoms with Crippen LogP contribution < -0.4 is 5.32 Å². The van der Waals surface area contributed by atoms with Crippen molar-refractivity contribution < 1.29 is 9.59 Å². The highest BCUT2D eigenvalue weighted by atomic mass is 32.2. The van der Waals surface area contributed by atoms with Gasteiger partial charge in [0.25, 0.3) is 5.91 Å². The summed E-state index contributed by atoms with van der Waals surface area (Å²) in [6, 6.07) is -0.733. The summed E-state index contributed by atoms with van der Waals surface area (Å²) >= 11 is 1.83. The maximum Gasteiger partial charge on any atom is 0.327 e. The lowest BCUT2D eigenvalue weighted by Crippen LogP contribution is -2.66. The van der Waals surface area contributed by atoms with E-state index in [1.54, 1.807) is 11.9 Å². The van der Waals surface area contributed by atoms with E-state index in [0.29, 0.717) is 11.1 Å². The van der Waals surface area contributed by atoms with Crippen LogP contribution in [-0.2, 0) is 4.79 Å². The summed E-state index contributed by atoms with van der Waals surface area (Å²) in [5, 5.41) is 12.5. The highest BCUT2D eigenvalue weighted by Crippen LogP contribution is 2.45. The number of carbonyl (C=O) groups is 2. The molecule has 3 heterocycles. The molecule has 3 saturated heterocycles. The zero-order valence-electron chi connectivity index (χ0n) is 12.8. The molecule has 5 atom stereocenters. The quantitative estimate of drug-likeness (QED) is 0.685. The first-order valence-corrected chi connectivity index (χ1v) is 8.77. The first kappa shape index (κ1) is 14.3. The fourth-order valence-corrected chi connectivity index (χ4v) is 5.87. The Morgan fingerprint density at radius 1 is 1.23 bits per heavy atom. The van der Waals surface area contributed by atoms with Gasteiger partial charge in [0.05, 0.1) is 0 Å². The number of hydrogen-bond donors (Lipinski definition) is 2. The van der Waals surface area contributed by atoms with E-state index in [4.69, 9.17) is 5.41 Å². The topological polar surface area (TPSA) is 79.7 Å². The van der Waals surface area contributed by atoms with Gasteiger partial charge in [-0.1, -0.05) is 12.8 Å². The second-order valence-corrected chi connectivity index (χ2v) is 7.88. The molecule has 2 N–H and O–H groups in total. The number of fused-ring (bicyclic) bond motifs is 4. The Morgan fingerprint density at radius 2 is 1.95 bits per heavy atom. The summed E-state index contributed by atoms with van der Waals surface area (Å²) in [5.74, 6) is 0.665. The van der Waals surface area contributed by atoms with Crippen molar-refractivity contribution >= 4 is 29.5 Å². The Labute approximate surface area is 133 Å². The normalized spacial score (nSPS) is 41.5. The predicted octanol–water partition coefficient (Wildman–Crippen LogP) is 0.677. The maximum absolute atomic E-state index is 12.4. The molecule has 5 unspecified atom stereocenters. The van der Waals surface area contributed by atoms with Gasteiger partial charge < -0.3 is 9.80 Å². The van der Waals surface area contributed by atoms with Crippen LogP contribution in [0.4, 0.5) is 4.79 Å². The number of thioether (sulfide) groups is 1. The van der Waals surface area contributed by atoms with Crippen molar-refractivity contribution in [1.29, 1.82) is 5.41 Å². The lowest BCUT2D eigenvalue weighted by atomic mass is 9.87. The van der Waals surface area contributed by atoms with Gasteiger partial charge in [0, 0.05) is 25.3 Å². The zero-order valence-corrected chi connectivity index (χ0v) is 13.6. The van der Waals surface area contributed by atoms with Crippen LogP contribution in [0, 0.1) is 11.3 Å². The van der Waals surface area contributed by atoms with Crippen molar-refractivity contribution in [1.82, 2.24) is 20.0 Å². The number of imide groups is 1. The summed E-state index contributed by atoms with van der Waals surface area (Å²) in [6.45, 7) is 0. The predicted molar refractivity (Wildman–Crippen MR) is 83.3 cm³/mol. The maximum atomic E-state index is 12.4. The molecule has 4 rings (SSSR count). The van der Waals surface area contributed by atoms with Crippen LogP contribution in [0.5, 0.6) is 0 Å². The average molecular weight is 323 g/mol. The van der Waals surface area contributed by atoms with E-state index in [0.717, 1.165) is 12.8 Å². The number of carbonyl (C=O) groups excluding carboxylic acids is 2. The highest BCUT2D eigenvalue weighted by molar-refractivity contribution is 8.00. The third kappa shape index (κ3) is 1.76. The summed E-state index contributed by atoms with van der Waals surface area (Å²) in [7, 11) is 3.24. The van der Waals surface area contributed by atoms with E-state index in [2.05, 4.69) is 5.32 Å². The van der Waals surface area contributed by atoms with Gasteiger partial charge in [0.15, 0.2) is 0 Å². The van der Waals surface area contributed by atoms with Crippen molar-refractivity contribution in [2.75, 3.05) is 14.1 Å². The number of rotatable bonds is 0. The van der Waals surface area contributed by atoms with Crippen LogP contribution in [0.3, 0.4) is 0 Å². The SMILES string of the molecule is CN1C(=O)C2NC3SC4CCCCC4C(=N)N3C2N(C)C1=O. The Balaban J connectivity index is 1.68. The van der Waals surface area contributed by atoms with Gasteiger partial charge in [-0.05, 0) is 12.8 Å². The Bertz CT molecular complexity index is 555. The van der Waals surface area contributed by atoms with Crippen molar-refractivity contribution in [3.05, 3.63) is 0 Å². The van der Waals surface area contributed by atoms with E-state index < -0.39 is 6.04 Å². The summed E-state index contributed by atoms with van der Waals surface area (Å²) in [6.07, 6.45) is 4.20. The zero-order chi connectivity index (χ0) is 15.6. The molecule has 4 fully saturated rings. The Morgan fingerprint density at radius 3 is 2.73 bits per heavy atom. The van der Waals surface area contributed by atoms with Crippen LogP contribution in [0.2, 0.25) is 0 Å². The lowest BCUT2D eigenvalue weighted by molar-refractivity contribution is -0.134. The van der Waals surface area contributed by atoms with Crippen LogP contribution in [0.1, 0.15) is 25.7 Å². The molecule has 0 bridgehead atoms. The minimum Gasteiger partial charge on any atom is -0.313 e. The molecule has 0 aromatic rings. The van der Waals surface area contributed by atoms with Crippen molar-refractivity contribution in [2.45, 2.75) is 48.6 Å². The number of hydrogen-bond acceptors (Lipinski definition) is 5. The van der Waals surface area contributed by atoms with Crippen LogP contribution >= 0.6 is 11.8 Å². The fourth-order valence-electron chi connectivity index (χ4n) is 4.18. The first-order chi connectivity index (χ1) is 10.5. The van der Waals surface area contributed by atoms with Crippen LogP contribution in [-0.4, -0.2) is 69.5 Å². The van der Waals surface area contributed by atoms with Crippen molar-refractivity contribution in [2.24, 2.45) is 5.92 Å². The molecule has 0 spiro atoms. The van der Waals surface area contributed by atoms with E-state index in [1.807, 2.05) is 16.7 Å². The average Bonchev–Trinajstić information content (AvgIpc) is 2.91. The molecule has 1 saturated carbocycles. The second-order valence-electron chi connectivity index (χ2n) is 6.56. The molecule has 22 heavy (non-hydrogen) atoms. The molecular weight excluding hydrogens is 302 g/mol. The van der Waals surface area contributed by atoms with Gasteiger partial charge in [0.1, 0.15) is 23.5 Å². The summed E-state index contributed by atoms with van der Waals surface area (Å²) in [4.78, 5) is 29.4. The summed E-state index contributed by atoms with van der Waals surface area (Å²) < 4.78 is 0. The highest BCUT2D eigenvalue weighted by Gasteiger charge is 2.57. The number of likely N-dealkylation sites (N-methyl/N-ethyl adjacent to an activating group) is 2. The Kier molecular flexibility index (Phi) is 3.16. The van der Waals surface area contributed by atoms with Gasteiger partial charge in [-0.25, -0.2) is 4.79 Å². The number of amides is 3. The van der Waals surface area contributed by atoms with Gasteiger partial charge in [0.2, 0.25) is 0 Å². The molecule has 0 aromatic heterocycles. The van der Waals surface area contributed by atoms with Gasteiger partial charge in [-0.15, -0.1) is 11.8 Å². The van der Waals surface area contributed by atoms with E-state index in [-0.39, 0.29) is 29.5 Å². The minimum absolute atomic E-state index is 0.0763. The molecule has 4 aliphatic rings.